The highest BCUT2D eigenvalue weighted by atomic mass is 15.1. The van der Waals surface area contributed by atoms with Gasteiger partial charge in [-0.2, -0.15) is 5.26 Å². The number of hydrogen-bond acceptors (Lipinski definition) is 3. The Labute approximate surface area is 142 Å². The van der Waals surface area contributed by atoms with Gasteiger partial charge in [-0.3, -0.25) is 0 Å². The molecule has 1 heterocycles. The molecule has 0 spiro atoms. The lowest BCUT2D eigenvalue weighted by atomic mass is 10.1. The second-order valence-corrected chi connectivity index (χ2v) is 6.27. The number of fused-ring (bicyclic) bond motifs is 1. The molecule has 1 atom stereocenters. The van der Waals surface area contributed by atoms with Gasteiger partial charge in [-0.25, -0.2) is 4.98 Å². The standard InChI is InChI=1S/C20H22N4/c1-4-17(22)20-23-18-9-13(2)14(3)10-19(18)24(20)12-16-8-6-5-7-15(16)11-21/h5-10,17H,4,12,22H2,1-3H3. The van der Waals surface area contributed by atoms with Crippen molar-refractivity contribution in [2.24, 2.45) is 5.73 Å². The van der Waals surface area contributed by atoms with Crippen LogP contribution in [0.5, 0.6) is 0 Å². The van der Waals surface area contributed by atoms with Crippen LogP contribution < -0.4 is 5.73 Å². The van der Waals surface area contributed by atoms with Crippen LogP contribution in [0.25, 0.3) is 11.0 Å². The minimum absolute atomic E-state index is 0.118. The fourth-order valence-electron chi connectivity index (χ4n) is 2.97. The number of imidazole rings is 1. The van der Waals surface area contributed by atoms with Crippen LogP contribution in [0.3, 0.4) is 0 Å². The van der Waals surface area contributed by atoms with Gasteiger partial charge >= 0.3 is 0 Å². The zero-order chi connectivity index (χ0) is 17.3. The van der Waals surface area contributed by atoms with E-state index in [1.54, 1.807) is 0 Å². The van der Waals surface area contributed by atoms with Gasteiger partial charge < -0.3 is 10.3 Å². The summed E-state index contributed by atoms with van der Waals surface area (Å²) in [6.45, 7) is 6.87. The minimum Gasteiger partial charge on any atom is -0.322 e. The first kappa shape index (κ1) is 16.2. The summed E-state index contributed by atoms with van der Waals surface area (Å²) >= 11 is 0. The van der Waals surface area contributed by atoms with E-state index in [-0.39, 0.29) is 6.04 Å². The molecule has 122 valence electrons. The Hall–Kier alpha value is -2.64. The quantitative estimate of drug-likeness (QED) is 0.791. The zero-order valence-corrected chi connectivity index (χ0v) is 14.4. The van der Waals surface area contributed by atoms with E-state index >= 15 is 0 Å². The summed E-state index contributed by atoms with van der Waals surface area (Å²) < 4.78 is 2.16. The van der Waals surface area contributed by atoms with Gasteiger partial charge in [0.25, 0.3) is 0 Å². The van der Waals surface area contributed by atoms with E-state index in [1.807, 2.05) is 24.3 Å². The molecule has 0 radical (unpaired) electrons. The summed E-state index contributed by atoms with van der Waals surface area (Å²) in [6, 6.07) is 14.1. The predicted molar refractivity (Wildman–Crippen MR) is 96.7 cm³/mol. The van der Waals surface area contributed by atoms with Crippen molar-refractivity contribution in [1.82, 2.24) is 9.55 Å². The SMILES string of the molecule is CCC(N)c1nc2cc(C)c(C)cc2n1Cc1ccccc1C#N. The Morgan fingerprint density at radius 2 is 1.92 bits per heavy atom. The van der Waals surface area contributed by atoms with Crippen LogP contribution in [-0.2, 0) is 6.54 Å². The fraction of sp³-hybridized carbons (Fsp3) is 0.300. The Morgan fingerprint density at radius 3 is 2.62 bits per heavy atom. The molecule has 3 aromatic rings. The van der Waals surface area contributed by atoms with Gasteiger partial charge in [-0.1, -0.05) is 25.1 Å². The number of aryl methyl sites for hydroxylation is 2. The van der Waals surface area contributed by atoms with E-state index in [0.717, 1.165) is 28.8 Å². The molecule has 0 amide bonds. The molecule has 24 heavy (non-hydrogen) atoms. The van der Waals surface area contributed by atoms with Gasteiger partial charge in [0.05, 0.1) is 35.3 Å². The van der Waals surface area contributed by atoms with Crippen molar-refractivity contribution in [1.29, 1.82) is 5.26 Å². The van der Waals surface area contributed by atoms with Crippen LogP contribution in [0, 0.1) is 25.2 Å². The molecule has 2 N–H and O–H groups in total. The molecule has 1 aromatic heterocycles. The summed E-state index contributed by atoms with van der Waals surface area (Å²) in [7, 11) is 0. The molecule has 4 heteroatoms. The molecule has 0 aliphatic carbocycles. The third-order valence-electron chi connectivity index (χ3n) is 4.63. The maximum atomic E-state index is 9.37. The lowest BCUT2D eigenvalue weighted by molar-refractivity contribution is 0.605. The van der Waals surface area contributed by atoms with E-state index in [4.69, 9.17) is 10.7 Å². The summed E-state index contributed by atoms with van der Waals surface area (Å²) in [5.74, 6) is 0.880. The maximum Gasteiger partial charge on any atom is 0.127 e. The maximum absolute atomic E-state index is 9.37. The topological polar surface area (TPSA) is 67.6 Å². The summed E-state index contributed by atoms with van der Waals surface area (Å²) in [5, 5.41) is 9.37. The summed E-state index contributed by atoms with van der Waals surface area (Å²) in [4.78, 5) is 4.79. The average Bonchev–Trinajstić information content (AvgIpc) is 2.93. The number of rotatable bonds is 4. The molecule has 0 fully saturated rings. The molecule has 1 unspecified atom stereocenters. The van der Waals surface area contributed by atoms with Crippen molar-refractivity contribution >= 4 is 11.0 Å². The van der Waals surface area contributed by atoms with Crippen molar-refractivity contribution < 1.29 is 0 Å². The average molecular weight is 318 g/mol. The molecule has 0 aliphatic rings. The highest BCUT2D eigenvalue weighted by molar-refractivity contribution is 5.78. The predicted octanol–water partition coefficient (Wildman–Crippen LogP) is 3.98. The van der Waals surface area contributed by atoms with Gasteiger partial charge in [-0.05, 0) is 55.2 Å². The highest BCUT2D eigenvalue weighted by Crippen LogP contribution is 2.26. The van der Waals surface area contributed by atoms with Crippen molar-refractivity contribution in [3.63, 3.8) is 0 Å². The van der Waals surface area contributed by atoms with Crippen LogP contribution >= 0.6 is 0 Å². The van der Waals surface area contributed by atoms with Crippen molar-refractivity contribution in [3.05, 3.63) is 64.5 Å². The lowest BCUT2D eigenvalue weighted by Gasteiger charge is -2.14. The van der Waals surface area contributed by atoms with Gasteiger partial charge in [0.2, 0.25) is 0 Å². The third-order valence-corrected chi connectivity index (χ3v) is 4.63. The van der Waals surface area contributed by atoms with Gasteiger partial charge in [-0.15, -0.1) is 0 Å². The molecular weight excluding hydrogens is 296 g/mol. The highest BCUT2D eigenvalue weighted by Gasteiger charge is 2.17. The second-order valence-electron chi connectivity index (χ2n) is 6.27. The van der Waals surface area contributed by atoms with Gasteiger partial charge in [0.1, 0.15) is 5.82 Å². The van der Waals surface area contributed by atoms with Crippen LogP contribution in [0.2, 0.25) is 0 Å². The first-order valence-electron chi connectivity index (χ1n) is 8.26. The summed E-state index contributed by atoms with van der Waals surface area (Å²) in [5.41, 5.74) is 12.5. The van der Waals surface area contributed by atoms with Crippen LogP contribution in [0.1, 0.15) is 47.5 Å². The van der Waals surface area contributed by atoms with Crippen molar-refractivity contribution in [2.45, 2.75) is 39.8 Å². The molecule has 2 aromatic carbocycles. The van der Waals surface area contributed by atoms with Crippen LogP contribution in [-0.4, -0.2) is 9.55 Å². The molecule has 3 rings (SSSR count). The molecule has 0 saturated carbocycles. The number of nitrogens with two attached hydrogens (primary N) is 1. The largest absolute Gasteiger partial charge is 0.322 e. The monoisotopic (exact) mass is 318 g/mol. The normalized spacial score (nSPS) is 12.3. The Kier molecular flexibility index (Phi) is 4.37. The van der Waals surface area contributed by atoms with Gasteiger partial charge in [0, 0.05) is 0 Å². The number of aromatic nitrogens is 2. The number of nitriles is 1. The number of nitrogens with zero attached hydrogens (tertiary/aromatic N) is 3. The van der Waals surface area contributed by atoms with Crippen molar-refractivity contribution in [3.8, 4) is 6.07 Å². The summed E-state index contributed by atoms with van der Waals surface area (Å²) in [6.07, 6.45) is 0.821. The minimum atomic E-state index is -0.118. The molecular formula is C20H22N4. The molecule has 0 bridgehead atoms. The van der Waals surface area contributed by atoms with E-state index in [0.29, 0.717) is 12.1 Å². The first-order chi connectivity index (χ1) is 11.5. The van der Waals surface area contributed by atoms with Crippen molar-refractivity contribution in [2.75, 3.05) is 0 Å². The van der Waals surface area contributed by atoms with E-state index in [9.17, 15) is 5.26 Å². The van der Waals surface area contributed by atoms with Gasteiger partial charge in [0.15, 0.2) is 0 Å². The van der Waals surface area contributed by atoms with Crippen LogP contribution in [0.15, 0.2) is 36.4 Å². The number of benzene rings is 2. The second kappa shape index (κ2) is 6.46. The zero-order valence-electron chi connectivity index (χ0n) is 14.4. The Balaban J connectivity index is 2.21. The lowest BCUT2D eigenvalue weighted by Crippen LogP contribution is -2.16. The Bertz CT molecular complexity index is 931. The Morgan fingerprint density at radius 1 is 1.21 bits per heavy atom. The van der Waals surface area contributed by atoms with E-state index in [2.05, 4.69) is 43.5 Å². The third kappa shape index (κ3) is 2.79. The molecule has 4 nitrogen and oxygen atoms in total. The van der Waals surface area contributed by atoms with Crippen LogP contribution in [0.4, 0.5) is 0 Å². The van der Waals surface area contributed by atoms with E-state index in [1.165, 1.54) is 11.1 Å². The molecule has 0 saturated heterocycles. The van der Waals surface area contributed by atoms with E-state index < -0.39 is 0 Å². The number of hydrogen-bond donors (Lipinski definition) is 1. The smallest absolute Gasteiger partial charge is 0.127 e. The fourth-order valence-corrected chi connectivity index (χ4v) is 2.97. The first-order valence-corrected chi connectivity index (χ1v) is 8.26. The molecule has 0 aliphatic heterocycles.